The van der Waals surface area contributed by atoms with Crippen molar-refractivity contribution in [3.63, 3.8) is 0 Å². The second kappa shape index (κ2) is 8.53. The van der Waals surface area contributed by atoms with Crippen LogP contribution >= 0.6 is 0 Å². The van der Waals surface area contributed by atoms with Gasteiger partial charge in [0.2, 0.25) is 0 Å². The van der Waals surface area contributed by atoms with Gasteiger partial charge in [-0.1, -0.05) is 18.2 Å². The largest absolute Gasteiger partial charge is 0.497 e. The molecule has 0 saturated carbocycles. The highest BCUT2D eigenvalue weighted by Gasteiger charge is 2.15. The molecular weight excluding hydrogens is 378 g/mol. The highest BCUT2D eigenvalue weighted by molar-refractivity contribution is 6.09. The minimum Gasteiger partial charge on any atom is -0.497 e. The molecule has 3 aromatic carbocycles. The maximum atomic E-state index is 13.2. The summed E-state index contributed by atoms with van der Waals surface area (Å²) in [6, 6.07) is 22.4. The fourth-order valence-electron chi connectivity index (χ4n) is 3.21. The van der Waals surface area contributed by atoms with Gasteiger partial charge in [0.1, 0.15) is 11.5 Å². The molecule has 0 bridgehead atoms. The molecule has 150 valence electrons. The van der Waals surface area contributed by atoms with E-state index in [1.807, 2.05) is 72.9 Å². The number of anilines is 1. The minimum atomic E-state index is -0.225. The number of nitrogens with zero attached hydrogens (tertiary/aromatic N) is 2. The molecule has 0 aliphatic heterocycles. The number of amides is 1. The van der Waals surface area contributed by atoms with E-state index < -0.39 is 0 Å². The van der Waals surface area contributed by atoms with E-state index >= 15 is 0 Å². The van der Waals surface area contributed by atoms with E-state index in [9.17, 15) is 4.79 Å². The molecule has 0 unspecified atom stereocenters. The Morgan fingerprint density at radius 1 is 0.900 bits per heavy atom. The Morgan fingerprint density at radius 2 is 1.67 bits per heavy atom. The number of carbonyl (C=O) groups excluding carboxylic acids is 1. The van der Waals surface area contributed by atoms with Gasteiger partial charge in [-0.15, -0.1) is 0 Å². The second-order valence-corrected chi connectivity index (χ2v) is 6.60. The van der Waals surface area contributed by atoms with Crippen molar-refractivity contribution in [2.75, 3.05) is 19.5 Å². The van der Waals surface area contributed by atoms with Crippen molar-refractivity contribution < 1.29 is 14.3 Å². The van der Waals surface area contributed by atoms with Gasteiger partial charge in [-0.2, -0.15) is 5.10 Å². The first kappa shape index (κ1) is 19.3. The number of hydrogen-bond donors (Lipinski definition) is 1. The van der Waals surface area contributed by atoms with Gasteiger partial charge in [0.15, 0.2) is 0 Å². The molecule has 0 aliphatic carbocycles. The maximum Gasteiger partial charge on any atom is 0.256 e. The highest BCUT2D eigenvalue weighted by Crippen LogP contribution is 2.29. The Balaban J connectivity index is 1.67. The molecule has 1 N–H and O–H groups in total. The quantitative estimate of drug-likeness (QED) is 0.505. The first-order valence-electron chi connectivity index (χ1n) is 9.42. The number of hydrogen-bond acceptors (Lipinski definition) is 4. The molecule has 1 aromatic heterocycles. The van der Waals surface area contributed by atoms with Gasteiger partial charge in [0, 0.05) is 18.1 Å². The maximum absolute atomic E-state index is 13.2. The van der Waals surface area contributed by atoms with E-state index in [2.05, 4.69) is 10.4 Å². The van der Waals surface area contributed by atoms with E-state index in [0.29, 0.717) is 17.0 Å². The number of methoxy groups -OCH3 is 2. The third-order valence-electron chi connectivity index (χ3n) is 4.75. The molecule has 6 heteroatoms. The van der Waals surface area contributed by atoms with Crippen molar-refractivity contribution in [3.05, 3.63) is 90.8 Å². The molecular formula is C24H21N3O3. The number of aromatic nitrogens is 2. The molecule has 6 nitrogen and oxygen atoms in total. The molecule has 1 heterocycles. The van der Waals surface area contributed by atoms with Crippen LogP contribution in [0.3, 0.4) is 0 Å². The Kier molecular flexibility index (Phi) is 5.48. The van der Waals surface area contributed by atoms with Crippen LogP contribution in [0.1, 0.15) is 10.4 Å². The van der Waals surface area contributed by atoms with Gasteiger partial charge in [-0.3, -0.25) is 4.79 Å². The lowest BCUT2D eigenvalue weighted by Gasteiger charge is -2.13. The van der Waals surface area contributed by atoms with Crippen LogP contribution in [0.4, 0.5) is 5.69 Å². The molecule has 0 atom stereocenters. The second-order valence-electron chi connectivity index (χ2n) is 6.60. The van der Waals surface area contributed by atoms with E-state index in [4.69, 9.17) is 9.47 Å². The summed E-state index contributed by atoms with van der Waals surface area (Å²) >= 11 is 0. The van der Waals surface area contributed by atoms with Crippen LogP contribution in [0.15, 0.2) is 85.2 Å². The first-order valence-corrected chi connectivity index (χ1v) is 9.42. The van der Waals surface area contributed by atoms with Crippen LogP contribution in [0, 0.1) is 0 Å². The molecule has 0 saturated heterocycles. The molecule has 4 rings (SSSR count). The summed E-state index contributed by atoms with van der Waals surface area (Å²) in [4.78, 5) is 13.2. The molecule has 0 radical (unpaired) electrons. The van der Waals surface area contributed by atoms with Gasteiger partial charge in [-0.05, 0) is 65.7 Å². The fraction of sp³-hybridized carbons (Fsp3) is 0.0833. The van der Waals surface area contributed by atoms with Crippen LogP contribution in [-0.4, -0.2) is 29.9 Å². The lowest BCUT2D eigenvalue weighted by molar-refractivity contribution is 0.102. The van der Waals surface area contributed by atoms with Crippen molar-refractivity contribution in [1.82, 2.24) is 9.78 Å². The van der Waals surface area contributed by atoms with Gasteiger partial charge in [0.05, 0.1) is 25.5 Å². The Hall–Kier alpha value is -4.06. The van der Waals surface area contributed by atoms with Crippen LogP contribution in [0.2, 0.25) is 0 Å². The number of rotatable bonds is 6. The van der Waals surface area contributed by atoms with E-state index in [0.717, 1.165) is 22.6 Å². The third-order valence-corrected chi connectivity index (χ3v) is 4.75. The number of ether oxygens (including phenoxy) is 2. The average Bonchev–Trinajstić information content (AvgIpc) is 3.34. The smallest absolute Gasteiger partial charge is 0.256 e. The van der Waals surface area contributed by atoms with Crippen LogP contribution in [0.25, 0.3) is 16.8 Å². The van der Waals surface area contributed by atoms with Gasteiger partial charge in [-0.25, -0.2) is 4.68 Å². The predicted octanol–water partition coefficient (Wildman–Crippen LogP) is 4.81. The molecule has 1 amide bonds. The van der Waals surface area contributed by atoms with Crippen molar-refractivity contribution in [2.24, 2.45) is 0 Å². The van der Waals surface area contributed by atoms with Crippen LogP contribution in [-0.2, 0) is 0 Å². The summed E-state index contributed by atoms with van der Waals surface area (Å²) in [7, 11) is 3.20. The standard InChI is InChI=1S/C24H21N3O3/c1-29-20-9-7-17(8-10-20)22-12-11-21(30-2)16-23(22)24(28)26-18-5-3-6-19(15-18)27-14-4-13-25-27/h3-16H,1-2H3,(H,26,28). The Bertz CT molecular complexity index is 1150. The van der Waals surface area contributed by atoms with E-state index in [1.54, 1.807) is 31.2 Å². The summed E-state index contributed by atoms with van der Waals surface area (Å²) in [6.07, 6.45) is 3.56. The zero-order valence-corrected chi connectivity index (χ0v) is 16.7. The van der Waals surface area contributed by atoms with Crippen molar-refractivity contribution >= 4 is 11.6 Å². The lowest BCUT2D eigenvalue weighted by atomic mass is 9.98. The number of benzene rings is 3. The lowest BCUT2D eigenvalue weighted by Crippen LogP contribution is -2.13. The average molecular weight is 399 g/mol. The highest BCUT2D eigenvalue weighted by atomic mass is 16.5. The summed E-state index contributed by atoms with van der Waals surface area (Å²) < 4.78 is 12.3. The van der Waals surface area contributed by atoms with E-state index in [-0.39, 0.29) is 5.91 Å². The van der Waals surface area contributed by atoms with Crippen molar-refractivity contribution in [2.45, 2.75) is 0 Å². The molecule has 30 heavy (non-hydrogen) atoms. The zero-order valence-electron chi connectivity index (χ0n) is 16.7. The summed E-state index contributed by atoms with van der Waals surface area (Å²) in [5, 5.41) is 7.22. The topological polar surface area (TPSA) is 65.4 Å². The molecule has 0 spiro atoms. The van der Waals surface area contributed by atoms with Gasteiger partial charge < -0.3 is 14.8 Å². The minimum absolute atomic E-state index is 0.225. The number of nitrogens with one attached hydrogen (secondary N) is 1. The molecule has 0 aliphatic rings. The van der Waals surface area contributed by atoms with Gasteiger partial charge in [0.25, 0.3) is 5.91 Å². The van der Waals surface area contributed by atoms with Crippen molar-refractivity contribution in [1.29, 1.82) is 0 Å². The van der Waals surface area contributed by atoms with Crippen LogP contribution < -0.4 is 14.8 Å². The van der Waals surface area contributed by atoms with Gasteiger partial charge >= 0.3 is 0 Å². The van der Waals surface area contributed by atoms with E-state index in [1.165, 1.54) is 0 Å². The molecule has 4 aromatic rings. The van der Waals surface area contributed by atoms with Crippen LogP contribution in [0.5, 0.6) is 11.5 Å². The first-order chi connectivity index (χ1) is 14.7. The molecule has 0 fully saturated rings. The predicted molar refractivity (Wildman–Crippen MR) is 116 cm³/mol. The third kappa shape index (κ3) is 4.03. The Morgan fingerprint density at radius 3 is 2.37 bits per heavy atom. The SMILES string of the molecule is COc1ccc(-c2ccc(OC)cc2C(=O)Nc2cccc(-n3cccn3)c2)cc1. The monoisotopic (exact) mass is 399 g/mol. The Labute approximate surface area is 174 Å². The fourth-order valence-corrected chi connectivity index (χ4v) is 3.21. The zero-order chi connectivity index (χ0) is 20.9. The normalized spacial score (nSPS) is 10.5. The summed E-state index contributed by atoms with van der Waals surface area (Å²) in [5.74, 6) is 1.15. The summed E-state index contributed by atoms with van der Waals surface area (Å²) in [6.45, 7) is 0. The number of carbonyl (C=O) groups is 1. The summed E-state index contributed by atoms with van der Waals surface area (Å²) in [5.41, 5.74) is 3.77. The van der Waals surface area contributed by atoms with Crippen molar-refractivity contribution in [3.8, 4) is 28.3 Å².